The molecule has 0 aliphatic carbocycles. The molecule has 0 unspecified atom stereocenters. The van der Waals surface area contributed by atoms with E-state index in [1.54, 1.807) is 31.2 Å². The number of amides is 4. The maximum Gasteiger partial charge on any atom is 0.335 e. The van der Waals surface area contributed by atoms with Crippen molar-refractivity contribution in [2.45, 2.75) is 13.3 Å². The topological polar surface area (TPSA) is 66.5 Å². The summed E-state index contributed by atoms with van der Waals surface area (Å²) in [6.07, 6.45) is 2.08. The van der Waals surface area contributed by atoms with Gasteiger partial charge in [0.25, 0.3) is 11.8 Å². The fraction of sp³-hybridized carbons (Fsp3) is 0.0800. The zero-order valence-corrected chi connectivity index (χ0v) is 20.5. The van der Waals surface area contributed by atoms with Crippen LogP contribution in [0.2, 0.25) is 10.0 Å². The highest BCUT2D eigenvalue weighted by atomic mass is 79.9. The zero-order chi connectivity index (χ0) is 23.7. The predicted molar refractivity (Wildman–Crippen MR) is 134 cm³/mol. The number of nitrogens with one attached hydrogen (secondary N) is 1. The number of urea groups is 1. The zero-order valence-electron chi connectivity index (χ0n) is 17.4. The predicted octanol–water partition coefficient (Wildman–Crippen LogP) is 6.32. The summed E-state index contributed by atoms with van der Waals surface area (Å²) < 4.78 is 0.805. The normalized spacial score (nSPS) is 15.2. The fourth-order valence-electron chi connectivity index (χ4n) is 3.52. The molecule has 0 radical (unpaired) electrons. The summed E-state index contributed by atoms with van der Waals surface area (Å²) in [7, 11) is 0. The van der Waals surface area contributed by atoms with E-state index in [1.807, 2.05) is 36.4 Å². The van der Waals surface area contributed by atoms with E-state index in [1.165, 1.54) is 6.08 Å². The van der Waals surface area contributed by atoms with Crippen LogP contribution in [0, 0.1) is 6.92 Å². The lowest BCUT2D eigenvalue weighted by atomic mass is 10.0. The van der Waals surface area contributed by atoms with Crippen molar-refractivity contribution < 1.29 is 14.4 Å². The van der Waals surface area contributed by atoms with Crippen LogP contribution in [0.4, 0.5) is 10.5 Å². The first kappa shape index (κ1) is 23.2. The van der Waals surface area contributed by atoms with E-state index in [0.29, 0.717) is 33.3 Å². The van der Waals surface area contributed by atoms with Crippen LogP contribution in [0.1, 0.15) is 22.3 Å². The molecule has 0 bridgehead atoms. The molecule has 0 spiro atoms. The Labute approximate surface area is 209 Å². The van der Waals surface area contributed by atoms with Gasteiger partial charge in [-0.1, -0.05) is 75.5 Å². The van der Waals surface area contributed by atoms with E-state index in [-0.39, 0.29) is 5.57 Å². The van der Waals surface area contributed by atoms with Gasteiger partial charge in [0.05, 0.1) is 5.69 Å². The average molecular weight is 544 g/mol. The van der Waals surface area contributed by atoms with Crippen molar-refractivity contribution in [3.05, 3.63) is 103 Å². The molecule has 4 amide bonds. The van der Waals surface area contributed by atoms with Gasteiger partial charge in [0.15, 0.2) is 0 Å². The Morgan fingerprint density at radius 1 is 0.939 bits per heavy atom. The lowest BCUT2D eigenvalue weighted by Crippen LogP contribution is -2.54. The third-order valence-corrected chi connectivity index (χ3v) is 6.82. The summed E-state index contributed by atoms with van der Waals surface area (Å²) in [5.41, 5.74) is 3.33. The van der Waals surface area contributed by atoms with Gasteiger partial charge >= 0.3 is 6.03 Å². The Morgan fingerprint density at radius 2 is 1.67 bits per heavy atom. The number of nitrogens with zero attached hydrogens (tertiary/aromatic N) is 1. The summed E-state index contributed by atoms with van der Waals surface area (Å²) in [5.74, 6) is -1.47. The highest BCUT2D eigenvalue weighted by Gasteiger charge is 2.37. The molecule has 1 heterocycles. The average Bonchev–Trinajstić information content (AvgIpc) is 2.77. The van der Waals surface area contributed by atoms with Crippen molar-refractivity contribution in [1.29, 1.82) is 0 Å². The van der Waals surface area contributed by atoms with E-state index in [4.69, 9.17) is 23.2 Å². The lowest BCUT2D eigenvalue weighted by Gasteiger charge is -2.27. The second kappa shape index (κ2) is 9.51. The number of carbonyl (C=O) groups is 3. The molecule has 0 saturated carbocycles. The van der Waals surface area contributed by atoms with E-state index in [9.17, 15) is 14.4 Å². The monoisotopic (exact) mass is 542 g/mol. The number of anilines is 1. The molecule has 3 aromatic rings. The van der Waals surface area contributed by atoms with Crippen LogP contribution in [0.15, 0.2) is 70.7 Å². The minimum atomic E-state index is -0.816. The number of benzene rings is 3. The number of hydrogen-bond acceptors (Lipinski definition) is 3. The van der Waals surface area contributed by atoms with Crippen molar-refractivity contribution >= 4 is 68.7 Å². The minimum absolute atomic E-state index is 0.153. The first-order chi connectivity index (χ1) is 15.8. The Balaban J connectivity index is 1.66. The number of carbonyl (C=O) groups excluding carboxylic acids is 3. The molecule has 166 valence electrons. The molecule has 0 atom stereocenters. The molecular formula is C25H17BrCl2N2O3. The highest BCUT2D eigenvalue weighted by molar-refractivity contribution is 9.10. The molecule has 3 aromatic carbocycles. The van der Waals surface area contributed by atoms with Gasteiger partial charge in [-0.25, -0.2) is 9.69 Å². The molecule has 1 saturated heterocycles. The van der Waals surface area contributed by atoms with Gasteiger partial charge in [-0.15, -0.1) is 0 Å². The molecule has 33 heavy (non-hydrogen) atoms. The van der Waals surface area contributed by atoms with Crippen molar-refractivity contribution in [3.8, 4) is 0 Å². The third kappa shape index (κ3) is 4.74. The van der Waals surface area contributed by atoms with Gasteiger partial charge in [0.2, 0.25) is 0 Å². The number of rotatable bonds is 4. The van der Waals surface area contributed by atoms with Gasteiger partial charge < -0.3 is 0 Å². The lowest BCUT2D eigenvalue weighted by molar-refractivity contribution is -0.122. The van der Waals surface area contributed by atoms with Gasteiger partial charge in [0, 0.05) is 20.9 Å². The molecule has 0 aromatic heterocycles. The molecule has 8 heteroatoms. The Morgan fingerprint density at radius 3 is 2.39 bits per heavy atom. The summed E-state index contributed by atoms with van der Waals surface area (Å²) in [6.45, 7) is 1.70. The van der Waals surface area contributed by atoms with Crippen LogP contribution in [-0.4, -0.2) is 17.8 Å². The number of hydrogen-bond donors (Lipinski definition) is 1. The van der Waals surface area contributed by atoms with E-state index in [2.05, 4.69) is 21.2 Å². The van der Waals surface area contributed by atoms with Gasteiger partial charge in [-0.2, -0.15) is 0 Å². The van der Waals surface area contributed by atoms with Crippen LogP contribution in [0.5, 0.6) is 0 Å². The number of imide groups is 2. The first-order valence-corrected chi connectivity index (χ1v) is 11.5. The van der Waals surface area contributed by atoms with Crippen LogP contribution in [0.25, 0.3) is 6.08 Å². The summed E-state index contributed by atoms with van der Waals surface area (Å²) >= 11 is 16.0. The van der Waals surface area contributed by atoms with Crippen molar-refractivity contribution in [1.82, 2.24) is 5.32 Å². The molecule has 1 aliphatic heterocycles. The Kier molecular flexibility index (Phi) is 6.70. The minimum Gasteiger partial charge on any atom is -0.273 e. The van der Waals surface area contributed by atoms with E-state index >= 15 is 0 Å². The largest absolute Gasteiger partial charge is 0.335 e. The van der Waals surface area contributed by atoms with Crippen LogP contribution in [0.3, 0.4) is 0 Å². The van der Waals surface area contributed by atoms with Gasteiger partial charge in [-0.3, -0.25) is 14.9 Å². The fourth-order valence-corrected chi connectivity index (χ4v) is 4.43. The third-order valence-electron chi connectivity index (χ3n) is 5.31. The quantitative estimate of drug-likeness (QED) is 0.309. The SMILES string of the molecule is Cc1c(Cl)cccc1N1C(=O)NC(=O)/C(=C\c2ccc(Cc3ccccc3Cl)c(Br)c2)C1=O. The van der Waals surface area contributed by atoms with Gasteiger partial charge in [-0.05, 0) is 59.5 Å². The molecule has 4 rings (SSSR count). The summed E-state index contributed by atoms with van der Waals surface area (Å²) in [5, 5.41) is 3.32. The molecule has 5 nitrogen and oxygen atoms in total. The highest BCUT2D eigenvalue weighted by Crippen LogP contribution is 2.30. The maximum atomic E-state index is 13.2. The second-order valence-corrected chi connectivity index (χ2v) is 9.13. The van der Waals surface area contributed by atoms with Crippen LogP contribution < -0.4 is 10.2 Å². The van der Waals surface area contributed by atoms with Crippen molar-refractivity contribution in [2.24, 2.45) is 0 Å². The van der Waals surface area contributed by atoms with Crippen LogP contribution in [-0.2, 0) is 16.0 Å². The van der Waals surface area contributed by atoms with E-state index < -0.39 is 17.8 Å². The molecule has 1 N–H and O–H groups in total. The maximum absolute atomic E-state index is 13.2. The summed E-state index contributed by atoms with van der Waals surface area (Å²) in [4.78, 5) is 39.0. The van der Waals surface area contributed by atoms with Gasteiger partial charge in [0.1, 0.15) is 5.57 Å². The molecule has 1 aliphatic rings. The van der Waals surface area contributed by atoms with Crippen molar-refractivity contribution in [3.63, 3.8) is 0 Å². The number of barbiturate groups is 1. The van der Waals surface area contributed by atoms with E-state index in [0.717, 1.165) is 20.5 Å². The van der Waals surface area contributed by atoms with Crippen molar-refractivity contribution in [2.75, 3.05) is 4.90 Å². The van der Waals surface area contributed by atoms with Crippen LogP contribution >= 0.6 is 39.1 Å². The molecule has 1 fully saturated rings. The first-order valence-electron chi connectivity index (χ1n) is 9.94. The second-order valence-electron chi connectivity index (χ2n) is 7.46. The smallest absolute Gasteiger partial charge is 0.273 e. The Hall–Kier alpha value is -2.93. The Bertz CT molecular complexity index is 1340. The number of halogens is 3. The standard InChI is InChI=1S/C25H17BrCl2N2O3/c1-14-20(27)7-4-8-22(14)30-24(32)18(23(31)29-25(30)33)11-15-9-10-16(19(26)12-15)13-17-5-2-3-6-21(17)28/h2-12H,13H2,1H3,(H,29,31,33)/b18-11+. The molecular weight excluding hydrogens is 527 g/mol. The summed E-state index contributed by atoms with van der Waals surface area (Å²) in [6, 6.07) is 17.2.